The molecule has 0 saturated carbocycles. The van der Waals surface area contributed by atoms with E-state index in [1.54, 1.807) is 43.5 Å². The molecule has 0 aliphatic heterocycles. The van der Waals surface area contributed by atoms with E-state index in [1.165, 1.54) is 20.5 Å². The van der Waals surface area contributed by atoms with Gasteiger partial charge in [-0.1, -0.05) is 30.8 Å². The third-order valence-corrected chi connectivity index (χ3v) is 6.28. The Morgan fingerprint density at radius 1 is 0.921 bits per heavy atom. The predicted molar refractivity (Wildman–Crippen MR) is 146 cm³/mol. The highest BCUT2D eigenvalue weighted by atomic mass is 16.5. The molecule has 4 aromatic rings. The molecule has 3 aromatic carbocycles. The highest BCUT2D eigenvalue weighted by Gasteiger charge is 2.27. The second-order valence-corrected chi connectivity index (χ2v) is 8.91. The first-order valence-corrected chi connectivity index (χ1v) is 12.1. The van der Waals surface area contributed by atoms with Crippen molar-refractivity contribution in [3.63, 3.8) is 0 Å². The summed E-state index contributed by atoms with van der Waals surface area (Å²) >= 11 is 0. The van der Waals surface area contributed by atoms with Gasteiger partial charge in [-0.2, -0.15) is 0 Å². The largest absolute Gasteiger partial charge is 0.497 e. The van der Waals surface area contributed by atoms with Gasteiger partial charge in [-0.15, -0.1) is 0 Å². The number of hydrogen-bond donors (Lipinski definition) is 0. The van der Waals surface area contributed by atoms with Crippen LogP contribution in [-0.4, -0.2) is 33.9 Å². The molecular weight excluding hydrogens is 484 g/mol. The van der Waals surface area contributed by atoms with Crippen LogP contribution in [0.1, 0.15) is 30.4 Å². The fraction of sp³-hybridized carbons (Fsp3) is 0.226. The molecule has 1 atom stereocenters. The van der Waals surface area contributed by atoms with E-state index in [0.29, 0.717) is 51.5 Å². The maximum atomic E-state index is 13.6. The average Bonchev–Trinajstić information content (AvgIpc) is 2.95. The van der Waals surface area contributed by atoms with Crippen LogP contribution in [0.15, 0.2) is 88.3 Å². The number of rotatable bonds is 10. The fourth-order valence-corrected chi connectivity index (χ4v) is 4.32. The molecule has 7 heteroatoms. The van der Waals surface area contributed by atoms with E-state index >= 15 is 0 Å². The zero-order valence-electron chi connectivity index (χ0n) is 21.9. The van der Waals surface area contributed by atoms with E-state index < -0.39 is 11.9 Å². The summed E-state index contributed by atoms with van der Waals surface area (Å²) in [6.45, 7) is 6.15. The summed E-state index contributed by atoms with van der Waals surface area (Å²) < 4.78 is 27.7. The van der Waals surface area contributed by atoms with Crippen molar-refractivity contribution >= 4 is 16.9 Å². The minimum absolute atomic E-state index is 0.0158. The summed E-state index contributed by atoms with van der Waals surface area (Å²) in [5.41, 5.74) is 3.58. The lowest BCUT2D eigenvalue weighted by Crippen LogP contribution is -2.13. The van der Waals surface area contributed by atoms with Crippen LogP contribution < -0.4 is 19.6 Å². The highest BCUT2D eigenvalue weighted by Crippen LogP contribution is 2.40. The normalized spacial score (nSPS) is 11.6. The second kappa shape index (κ2) is 11.7. The number of benzene rings is 3. The average molecular weight is 515 g/mol. The minimum Gasteiger partial charge on any atom is -0.497 e. The second-order valence-electron chi connectivity index (χ2n) is 8.91. The molecule has 4 rings (SSSR count). The molecule has 0 unspecified atom stereocenters. The molecule has 0 radical (unpaired) electrons. The lowest BCUT2D eigenvalue weighted by molar-refractivity contribution is -0.140. The minimum atomic E-state index is -0.508. The van der Waals surface area contributed by atoms with Crippen molar-refractivity contribution in [3.8, 4) is 28.4 Å². The highest BCUT2D eigenvalue weighted by molar-refractivity contribution is 5.87. The Morgan fingerprint density at radius 3 is 2.21 bits per heavy atom. The Bertz CT molecular complexity index is 1500. The van der Waals surface area contributed by atoms with Gasteiger partial charge in [0.15, 0.2) is 0 Å². The van der Waals surface area contributed by atoms with Gasteiger partial charge in [-0.25, -0.2) is 0 Å². The molecule has 0 spiro atoms. The maximum Gasteiger partial charge on any atom is 0.306 e. The Hall–Kier alpha value is -4.52. The number of esters is 1. The molecule has 1 aromatic heterocycles. The van der Waals surface area contributed by atoms with Crippen LogP contribution in [0.3, 0.4) is 0 Å². The molecule has 1 heterocycles. The van der Waals surface area contributed by atoms with Crippen molar-refractivity contribution in [2.45, 2.75) is 19.3 Å². The molecule has 0 bridgehead atoms. The van der Waals surface area contributed by atoms with Crippen LogP contribution in [-0.2, 0) is 9.53 Å². The van der Waals surface area contributed by atoms with Crippen LogP contribution in [0.25, 0.3) is 22.1 Å². The standard InChI is InChI=1S/C31H30O7/c1-19(2)17-37-23-12-8-20(9-13-23)25(16-28(32)36-5)29-27(35-4)15-14-24-30(33)26(18-38-31(24)29)21-6-10-22(34-3)11-7-21/h6-15,18,25H,1,16-17H2,2-5H3/t25-/m1/s1. The van der Waals surface area contributed by atoms with Gasteiger partial charge < -0.3 is 23.4 Å². The Kier molecular flexibility index (Phi) is 8.16. The molecule has 0 N–H and O–H groups in total. The van der Waals surface area contributed by atoms with Crippen LogP contribution in [0.2, 0.25) is 0 Å². The number of methoxy groups -OCH3 is 3. The predicted octanol–water partition coefficient (Wildman–Crippen LogP) is 6.13. The number of carbonyl (C=O) groups is 1. The molecule has 0 aliphatic carbocycles. The van der Waals surface area contributed by atoms with E-state index in [-0.39, 0.29) is 11.8 Å². The van der Waals surface area contributed by atoms with Crippen LogP contribution in [0.4, 0.5) is 0 Å². The van der Waals surface area contributed by atoms with E-state index in [1.807, 2.05) is 31.2 Å². The zero-order chi connectivity index (χ0) is 27.2. The van der Waals surface area contributed by atoms with Crippen molar-refractivity contribution in [1.29, 1.82) is 0 Å². The smallest absolute Gasteiger partial charge is 0.306 e. The van der Waals surface area contributed by atoms with Gasteiger partial charge >= 0.3 is 5.97 Å². The molecule has 0 aliphatic rings. The summed E-state index contributed by atoms with van der Waals surface area (Å²) in [6, 6.07) is 18.0. The fourth-order valence-electron chi connectivity index (χ4n) is 4.32. The topological polar surface area (TPSA) is 84.2 Å². The first-order valence-electron chi connectivity index (χ1n) is 12.1. The molecular formula is C31H30O7. The summed E-state index contributed by atoms with van der Waals surface area (Å²) in [4.78, 5) is 26.1. The number of ether oxygens (including phenoxy) is 4. The van der Waals surface area contributed by atoms with Crippen molar-refractivity contribution in [2.24, 2.45) is 0 Å². The van der Waals surface area contributed by atoms with Gasteiger partial charge in [0.1, 0.15) is 35.7 Å². The summed E-state index contributed by atoms with van der Waals surface area (Å²) in [6.07, 6.45) is 1.46. The first-order chi connectivity index (χ1) is 18.4. The lowest BCUT2D eigenvalue weighted by atomic mass is 9.86. The molecule has 7 nitrogen and oxygen atoms in total. The van der Waals surface area contributed by atoms with Crippen molar-refractivity contribution in [1.82, 2.24) is 0 Å². The Morgan fingerprint density at radius 2 is 1.61 bits per heavy atom. The van der Waals surface area contributed by atoms with Gasteiger partial charge in [-0.05, 0) is 60.0 Å². The van der Waals surface area contributed by atoms with E-state index in [2.05, 4.69) is 6.58 Å². The van der Waals surface area contributed by atoms with E-state index in [0.717, 1.165) is 11.1 Å². The number of fused-ring (bicyclic) bond motifs is 1. The van der Waals surface area contributed by atoms with Crippen molar-refractivity contribution < 1.29 is 28.2 Å². The van der Waals surface area contributed by atoms with Gasteiger partial charge in [0.2, 0.25) is 5.43 Å². The Labute approximate surface area is 221 Å². The SMILES string of the molecule is C=C(C)COc1ccc([C@@H](CC(=O)OC)c2c(OC)ccc3c(=O)c(-c4ccc(OC)cc4)coc23)cc1. The molecule has 0 saturated heterocycles. The number of carbonyl (C=O) groups excluding carboxylic acids is 1. The van der Waals surface area contributed by atoms with Gasteiger partial charge in [0.25, 0.3) is 0 Å². The van der Waals surface area contributed by atoms with E-state index in [9.17, 15) is 9.59 Å². The van der Waals surface area contributed by atoms with Crippen LogP contribution >= 0.6 is 0 Å². The summed E-state index contributed by atoms with van der Waals surface area (Å²) in [5.74, 6) is 0.941. The zero-order valence-corrected chi connectivity index (χ0v) is 21.9. The Balaban J connectivity index is 1.85. The molecule has 196 valence electrons. The lowest BCUT2D eigenvalue weighted by Gasteiger charge is -2.21. The van der Waals surface area contributed by atoms with Crippen molar-refractivity contribution in [2.75, 3.05) is 27.9 Å². The van der Waals surface area contributed by atoms with Crippen molar-refractivity contribution in [3.05, 3.63) is 100 Å². The summed E-state index contributed by atoms with van der Waals surface area (Å²) in [7, 11) is 4.47. The maximum absolute atomic E-state index is 13.6. The third kappa shape index (κ3) is 5.57. The van der Waals surface area contributed by atoms with Crippen LogP contribution in [0.5, 0.6) is 17.2 Å². The van der Waals surface area contributed by atoms with Gasteiger partial charge in [-0.3, -0.25) is 9.59 Å². The molecule has 0 fully saturated rings. The quantitative estimate of drug-likeness (QED) is 0.186. The third-order valence-electron chi connectivity index (χ3n) is 6.28. The van der Waals surface area contributed by atoms with E-state index in [4.69, 9.17) is 23.4 Å². The van der Waals surface area contributed by atoms with Gasteiger partial charge in [0.05, 0.1) is 38.7 Å². The summed E-state index contributed by atoms with van der Waals surface area (Å²) in [5, 5.41) is 0.380. The monoisotopic (exact) mass is 514 g/mol. The number of hydrogen-bond acceptors (Lipinski definition) is 7. The van der Waals surface area contributed by atoms with Gasteiger partial charge in [0, 0.05) is 11.5 Å². The first kappa shape index (κ1) is 26.5. The van der Waals surface area contributed by atoms with Crippen LogP contribution in [0, 0.1) is 0 Å². The molecule has 38 heavy (non-hydrogen) atoms. The molecule has 0 amide bonds.